The lowest BCUT2D eigenvalue weighted by atomic mass is 9.97. The van der Waals surface area contributed by atoms with Crippen LogP contribution in [0.3, 0.4) is 0 Å². The SMILES string of the molecule is N#Cc1ccccc1CN1CC[C@H](Cc2cccc(C(=O)O)c2)C1. The molecule has 1 atom stereocenters. The predicted octanol–water partition coefficient (Wildman–Crippen LogP) is 3.32. The molecule has 1 saturated heterocycles. The summed E-state index contributed by atoms with van der Waals surface area (Å²) in [4.78, 5) is 13.4. The van der Waals surface area contributed by atoms with E-state index in [1.807, 2.05) is 36.4 Å². The van der Waals surface area contributed by atoms with Gasteiger partial charge in [-0.1, -0.05) is 30.3 Å². The van der Waals surface area contributed by atoms with Gasteiger partial charge in [-0.3, -0.25) is 4.90 Å². The van der Waals surface area contributed by atoms with E-state index in [1.54, 1.807) is 12.1 Å². The van der Waals surface area contributed by atoms with E-state index >= 15 is 0 Å². The fourth-order valence-corrected chi connectivity index (χ4v) is 3.40. The highest BCUT2D eigenvalue weighted by molar-refractivity contribution is 5.87. The van der Waals surface area contributed by atoms with Crippen LogP contribution >= 0.6 is 0 Å². The number of hydrogen-bond donors (Lipinski definition) is 1. The molecule has 1 N–H and O–H groups in total. The maximum absolute atomic E-state index is 11.1. The van der Waals surface area contributed by atoms with Gasteiger partial charge in [0.05, 0.1) is 17.2 Å². The van der Waals surface area contributed by atoms with Gasteiger partial charge >= 0.3 is 5.97 Å². The molecule has 4 heteroatoms. The number of hydrogen-bond acceptors (Lipinski definition) is 3. The number of nitrogens with zero attached hydrogens (tertiary/aromatic N) is 2. The summed E-state index contributed by atoms with van der Waals surface area (Å²) in [5, 5.41) is 18.3. The summed E-state index contributed by atoms with van der Waals surface area (Å²) in [6.45, 7) is 2.80. The van der Waals surface area contributed by atoms with Crippen LogP contribution in [0.25, 0.3) is 0 Å². The van der Waals surface area contributed by atoms with Crippen molar-refractivity contribution >= 4 is 5.97 Å². The fraction of sp³-hybridized carbons (Fsp3) is 0.300. The van der Waals surface area contributed by atoms with Crippen LogP contribution in [0, 0.1) is 17.2 Å². The van der Waals surface area contributed by atoms with Gasteiger partial charge in [-0.15, -0.1) is 0 Å². The molecule has 0 bridgehead atoms. The number of likely N-dealkylation sites (tertiary alicyclic amines) is 1. The number of rotatable bonds is 5. The topological polar surface area (TPSA) is 64.3 Å². The van der Waals surface area contributed by atoms with Crippen LogP contribution in [0.4, 0.5) is 0 Å². The van der Waals surface area contributed by atoms with Crippen LogP contribution in [0.15, 0.2) is 48.5 Å². The molecule has 2 aromatic carbocycles. The Balaban J connectivity index is 1.61. The van der Waals surface area contributed by atoms with E-state index in [4.69, 9.17) is 5.11 Å². The number of nitriles is 1. The van der Waals surface area contributed by atoms with Gasteiger partial charge in [-0.25, -0.2) is 4.79 Å². The summed E-state index contributed by atoms with van der Waals surface area (Å²) in [6.07, 6.45) is 2.00. The standard InChI is InChI=1S/C20H20N2O2/c21-12-18-5-1-2-6-19(18)14-22-9-8-16(13-22)10-15-4-3-7-17(11-15)20(23)24/h1-7,11,16H,8-10,13-14H2,(H,23,24)/t16-/m1/s1. The second-order valence-corrected chi connectivity index (χ2v) is 6.37. The third kappa shape index (κ3) is 3.81. The van der Waals surface area contributed by atoms with E-state index in [0.717, 1.165) is 49.2 Å². The molecule has 0 saturated carbocycles. The summed E-state index contributed by atoms with van der Waals surface area (Å²) in [7, 11) is 0. The van der Waals surface area contributed by atoms with Crippen molar-refractivity contribution in [1.82, 2.24) is 4.90 Å². The molecule has 0 amide bonds. The number of carbonyl (C=O) groups is 1. The zero-order chi connectivity index (χ0) is 16.9. The average molecular weight is 320 g/mol. The first-order valence-corrected chi connectivity index (χ1v) is 8.18. The molecule has 3 rings (SSSR count). The Morgan fingerprint density at radius 2 is 2.08 bits per heavy atom. The van der Waals surface area contributed by atoms with E-state index in [1.165, 1.54) is 0 Å². The summed E-state index contributed by atoms with van der Waals surface area (Å²) in [6, 6.07) is 17.2. The normalized spacial score (nSPS) is 17.5. The van der Waals surface area contributed by atoms with Crippen LogP contribution in [0.5, 0.6) is 0 Å². The van der Waals surface area contributed by atoms with E-state index in [-0.39, 0.29) is 0 Å². The highest BCUT2D eigenvalue weighted by Gasteiger charge is 2.23. The summed E-state index contributed by atoms with van der Waals surface area (Å²) in [5.74, 6) is -0.346. The second-order valence-electron chi connectivity index (χ2n) is 6.37. The van der Waals surface area contributed by atoms with Gasteiger partial charge in [0.15, 0.2) is 0 Å². The first-order chi connectivity index (χ1) is 11.7. The van der Waals surface area contributed by atoms with Crippen LogP contribution in [0.2, 0.25) is 0 Å². The molecular formula is C20H20N2O2. The van der Waals surface area contributed by atoms with Gasteiger partial charge in [-0.2, -0.15) is 5.26 Å². The molecule has 24 heavy (non-hydrogen) atoms. The lowest BCUT2D eigenvalue weighted by Crippen LogP contribution is -2.21. The summed E-state index contributed by atoms with van der Waals surface area (Å²) in [5.41, 5.74) is 3.26. The number of aromatic carboxylic acids is 1. The molecule has 2 aromatic rings. The Bertz CT molecular complexity index is 779. The van der Waals surface area contributed by atoms with Gasteiger partial charge in [0.25, 0.3) is 0 Å². The van der Waals surface area contributed by atoms with Crippen LogP contribution in [-0.4, -0.2) is 29.1 Å². The molecule has 1 fully saturated rings. The van der Waals surface area contributed by atoms with Gasteiger partial charge in [0.1, 0.15) is 0 Å². The van der Waals surface area contributed by atoms with Gasteiger partial charge in [0.2, 0.25) is 0 Å². The lowest BCUT2D eigenvalue weighted by molar-refractivity contribution is 0.0696. The van der Waals surface area contributed by atoms with E-state index in [0.29, 0.717) is 11.5 Å². The van der Waals surface area contributed by atoms with Crippen molar-refractivity contribution in [3.05, 3.63) is 70.8 Å². The van der Waals surface area contributed by atoms with E-state index < -0.39 is 5.97 Å². The van der Waals surface area contributed by atoms with Crippen LogP contribution < -0.4 is 0 Å². The van der Waals surface area contributed by atoms with Crippen LogP contribution in [-0.2, 0) is 13.0 Å². The molecule has 1 heterocycles. The smallest absolute Gasteiger partial charge is 0.335 e. The summed E-state index contributed by atoms with van der Waals surface area (Å²) < 4.78 is 0. The van der Waals surface area contributed by atoms with Crippen molar-refractivity contribution < 1.29 is 9.90 Å². The van der Waals surface area contributed by atoms with Crippen molar-refractivity contribution in [2.75, 3.05) is 13.1 Å². The highest BCUT2D eigenvalue weighted by Crippen LogP contribution is 2.23. The molecule has 1 aliphatic rings. The molecule has 0 aliphatic carbocycles. The zero-order valence-corrected chi connectivity index (χ0v) is 13.5. The molecule has 0 unspecified atom stereocenters. The Morgan fingerprint density at radius 1 is 1.25 bits per heavy atom. The fourth-order valence-electron chi connectivity index (χ4n) is 3.40. The Labute approximate surface area is 142 Å². The minimum absolute atomic E-state index is 0.352. The monoisotopic (exact) mass is 320 g/mol. The van der Waals surface area contributed by atoms with Gasteiger partial charge < -0.3 is 5.11 Å². The van der Waals surface area contributed by atoms with Crippen molar-refractivity contribution in [2.24, 2.45) is 5.92 Å². The highest BCUT2D eigenvalue weighted by atomic mass is 16.4. The van der Waals surface area contributed by atoms with Crippen molar-refractivity contribution in [1.29, 1.82) is 5.26 Å². The first-order valence-electron chi connectivity index (χ1n) is 8.18. The Kier molecular flexibility index (Phi) is 4.93. The maximum atomic E-state index is 11.1. The van der Waals surface area contributed by atoms with E-state index in [2.05, 4.69) is 11.0 Å². The minimum Gasteiger partial charge on any atom is -0.478 e. The molecular weight excluding hydrogens is 300 g/mol. The third-order valence-electron chi connectivity index (χ3n) is 4.60. The average Bonchev–Trinajstić information content (AvgIpc) is 3.02. The second kappa shape index (κ2) is 7.29. The molecule has 0 radical (unpaired) electrons. The van der Waals surface area contributed by atoms with Crippen molar-refractivity contribution in [3.63, 3.8) is 0 Å². The minimum atomic E-state index is -0.877. The van der Waals surface area contributed by atoms with Gasteiger partial charge in [0, 0.05) is 13.1 Å². The largest absolute Gasteiger partial charge is 0.478 e. The molecule has 0 spiro atoms. The predicted molar refractivity (Wildman–Crippen MR) is 91.6 cm³/mol. The number of carboxylic acid groups (broad SMARTS) is 1. The number of benzene rings is 2. The Hall–Kier alpha value is -2.64. The lowest BCUT2D eigenvalue weighted by Gasteiger charge is -2.17. The quantitative estimate of drug-likeness (QED) is 0.918. The van der Waals surface area contributed by atoms with Crippen molar-refractivity contribution in [2.45, 2.75) is 19.4 Å². The van der Waals surface area contributed by atoms with Crippen molar-refractivity contribution in [3.8, 4) is 6.07 Å². The third-order valence-corrected chi connectivity index (χ3v) is 4.60. The number of carboxylic acids is 1. The molecule has 122 valence electrons. The first kappa shape index (κ1) is 16.2. The zero-order valence-electron chi connectivity index (χ0n) is 13.5. The molecule has 4 nitrogen and oxygen atoms in total. The van der Waals surface area contributed by atoms with E-state index in [9.17, 15) is 10.1 Å². The van der Waals surface area contributed by atoms with Crippen LogP contribution in [0.1, 0.15) is 33.5 Å². The Morgan fingerprint density at radius 3 is 2.88 bits per heavy atom. The molecule has 0 aromatic heterocycles. The maximum Gasteiger partial charge on any atom is 0.335 e. The molecule has 1 aliphatic heterocycles. The van der Waals surface area contributed by atoms with Gasteiger partial charge in [-0.05, 0) is 54.6 Å². The summed E-state index contributed by atoms with van der Waals surface area (Å²) >= 11 is 0.